The molecule has 364 valence electrons. The predicted molar refractivity (Wildman–Crippen MR) is 284 cm³/mol. The molecule has 3 aliphatic rings. The molecule has 0 saturated carbocycles. The van der Waals surface area contributed by atoms with Crippen LogP contribution in [0.2, 0.25) is 0 Å². The number of nitrogens with one attached hydrogen (secondary N) is 4. The number of hydrogen-bond acceptors (Lipinski definition) is 7. The number of nitrogens with zero attached hydrogens (tertiary/aromatic N) is 3. The van der Waals surface area contributed by atoms with Crippen molar-refractivity contribution in [1.82, 2.24) is 20.3 Å². The van der Waals surface area contributed by atoms with Gasteiger partial charge in [0, 0.05) is 75.8 Å². The number of aromatic amines is 3. The molecule has 4 N–H and O–H groups in total. The van der Waals surface area contributed by atoms with Gasteiger partial charge in [-0.15, -0.1) is 0 Å². The van der Waals surface area contributed by atoms with Gasteiger partial charge in [-0.05, 0) is 146 Å². The molecular weight excluding hydrogens is 903 g/mol. The maximum atomic E-state index is 14.3. The van der Waals surface area contributed by atoms with E-state index in [1.807, 2.05) is 82.6 Å². The second-order valence-electron chi connectivity index (χ2n) is 19.0. The van der Waals surface area contributed by atoms with E-state index in [4.69, 9.17) is 9.47 Å². The van der Waals surface area contributed by atoms with Gasteiger partial charge in [0.05, 0.1) is 19.8 Å². The molecule has 1 unspecified atom stereocenters. The van der Waals surface area contributed by atoms with Crippen molar-refractivity contribution >= 4 is 73.5 Å². The molecule has 13 heteroatoms. The number of carbonyl (C=O) groups is 4. The van der Waals surface area contributed by atoms with Gasteiger partial charge >= 0.3 is 5.97 Å². The van der Waals surface area contributed by atoms with Crippen LogP contribution in [0.1, 0.15) is 91.9 Å². The second-order valence-corrected chi connectivity index (χ2v) is 19.0. The van der Waals surface area contributed by atoms with Crippen molar-refractivity contribution in [3.8, 4) is 5.75 Å². The lowest BCUT2D eigenvalue weighted by atomic mass is 9.76. The molecule has 0 fully saturated rings. The average molecular weight is 960 g/mol. The lowest BCUT2D eigenvalue weighted by Gasteiger charge is -2.38. The third-order valence-corrected chi connectivity index (χ3v) is 15.1. The molecule has 3 amide bonds. The summed E-state index contributed by atoms with van der Waals surface area (Å²) in [6.45, 7) is 8.51. The number of unbranched alkanes of at least 4 members (excludes halogenated alkanes) is 2. The highest BCUT2D eigenvalue weighted by atomic mass is 16.5. The quantitative estimate of drug-likeness (QED) is 0.0453. The number of ether oxygens (including phenoxy) is 2. The highest BCUT2D eigenvalue weighted by Crippen LogP contribution is 2.41. The molecule has 0 spiro atoms. The van der Waals surface area contributed by atoms with Crippen LogP contribution < -0.4 is 24.8 Å². The molecule has 0 saturated heterocycles. The molecule has 3 aliphatic heterocycles. The Kier molecular flexibility index (Phi) is 12.1. The van der Waals surface area contributed by atoms with Crippen molar-refractivity contribution in [2.45, 2.75) is 57.4 Å². The third kappa shape index (κ3) is 7.84. The standard InChI is InChI=1S/C59H57N7O6/c1-5-12-36(2)59(37-13-8-6-9-14-37,38-16-18-39(71-3)19-17-38)60-29-11-7-10-15-55(67)64-30-26-40-43-33-49(61-46(43)20-23-52(40)64)56(68)65-31-27-41-44-34-50(62-47(44)21-24-53(41)65)57(69)66-32-28-42-45-35-51(58(70)72-4)63-48(45)22-25-54(42)66/h5-6,8-9,12-14,16-25,33-35,60-63H,1,7,10-11,15,26-32H2,2-4H3. The number of aromatic nitrogens is 3. The minimum absolute atomic E-state index is 0.114. The Labute approximate surface area is 417 Å². The summed E-state index contributed by atoms with van der Waals surface area (Å²) in [5, 5.41) is 6.71. The maximum absolute atomic E-state index is 14.3. The predicted octanol–water partition coefficient (Wildman–Crippen LogP) is 10.4. The number of esters is 1. The van der Waals surface area contributed by atoms with Crippen LogP contribution in [-0.2, 0) is 34.3 Å². The fourth-order valence-corrected chi connectivity index (χ4v) is 11.5. The summed E-state index contributed by atoms with van der Waals surface area (Å²) in [5.74, 6) is 0.218. The molecule has 0 bridgehead atoms. The van der Waals surface area contributed by atoms with E-state index in [9.17, 15) is 19.2 Å². The number of amides is 3. The Balaban J connectivity index is 0.740. The van der Waals surface area contributed by atoms with Crippen LogP contribution in [0, 0.1) is 0 Å². The summed E-state index contributed by atoms with van der Waals surface area (Å²) < 4.78 is 10.4. The first-order valence-corrected chi connectivity index (χ1v) is 24.8. The smallest absolute Gasteiger partial charge is 0.354 e. The Morgan fingerprint density at radius 3 is 1.65 bits per heavy atom. The van der Waals surface area contributed by atoms with Crippen LogP contribution in [-0.4, -0.2) is 79.0 Å². The van der Waals surface area contributed by atoms with Crippen molar-refractivity contribution in [2.24, 2.45) is 0 Å². The fourth-order valence-electron chi connectivity index (χ4n) is 11.5. The molecular formula is C59H57N7O6. The SMILES string of the molecule is C=CC=C(C)C(NCCCCCC(=O)N1CCc2c1ccc1[nH]c(C(=O)N3CCc4c3ccc3[nH]c(C(=O)N5CCc6c5ccc5[nH]c(C(=O)OC)cc65)cc43)cc21)(c1ccccc1)c1ccc(OC)cc1. The fraction of sp³-hybridized carbons (Fsp3) is 0.254. The van der Waals surface area contributed by atoms with E-state index in [0.29, 0.717) is 62.4 Å². The first-order valence-electron chi connectivity index (χ1n) is 24.8. The highest BCUT2D eigenvalue weighted by molar-refractivity contribution is 6.13. The molecule has 72 heavy (non-hydrogen) atoms. The number of rotatable bonds is 15. The van der Waals surface area contributed by atoms with Crippen LogP contribution in [0.25, 0.3) is 32.7 Å². The number of carbonyl (C=O) groups excluding carboxylic acids is 4. The summed E-state index contributed by atoms with van der Waals surface area (Å²) in [7, 11) is 3.03. The molecule has 8 aromatic rings. The van der Waals surface area contributed by atoms with Gasteiger partial charge in [0.2, 0.25) is 5.91 Å². The molecule has 11 rings (SSSR count). The molecule has 1 atom stereocenters. The van der Waals surface area contributed by atoms with Crippen molar-refractivity contribution < 1.29 is 28.7 Å². The number of H-pyrrole nitrogens is 3. The number of methoxy groups -OCH3 is 2. The molecule has 0 aliphatic carbocycles. The van der Waals surface area contributed by atoms with Crippen LogP contribution in [0.5, 0.6) is 5.75 Å². The molecule has 3 aromatic heterocycles. The monoisotopic (exact) mass is 959 g/mol. The number of anilines is 3. The zero-order chi connectivity index (χ0) is 49.7. The van der Waals surface area contributed by atoms with Gasteiger partial charge < -0.3 is 44.4 Å². The first-order chi connectivity index (χ1) is 35.1. The van der Waals surface area contributed by atoms with Gasteiger partial charge in [0.15, 0.2) is 0 Å². The minimum atomic E-state index is -0.574. The van der Waals surface area contributed by atoms with Gasteiger partial charge in [-0.25, -0.2) is 4.79 Å². The summed E-state index contributed by atoms with van der Waals surface area (Å²) >= 11 is 0. The van der Waals surface area contributed by atoms with E-state index < -0.39 is 11.5 Å². The van der Waals surface area contributed by atoms with Gasteiger partial charge in [-0.2, -0.15) is 0 Å². The molecule has 13 nitrogen and oxygen atoms in total. The van der Waals surface area contributed by atoms with Crippen LogP contribution >= 0.6 is 0 Å². The van der Waals surface area contributed by atoms with E-state index >= 15 is 0 Å². The molecule has 0 radical (unpaired) electrons. The van der Waals surface area contributed by atoms with Crippen molar-refractivity contribution in [2.75, 3.05) is 55.1 Å². The largest absolute Gasteiger partial charge is 0.497 e. The average Bonchev–Trinajstić information content (AvgIpc) is 4.28. The van der Waals surface area contributed by atoms with E-state index in [0.717, 1.165) is 115 Å². The van der Waals surface area contributed by atoms with Crippen molar-refractivity contribution in [1.29, 1.82) is 0 Å². The summed E-state index contributed by atoms with van der Waals surface area (Å²) in [5.41, 5.74) is 12.4. The summed E-state index contributed by atoms with van der Waals surface area (Å²) in [4.78, 5) is 69.9. The van der Waals surface area contributed by atoms with Crippen LogP contribution in [0.3, 0.4) is 0 Å². The van der Waals surface area contributed by atoms with Crippen molar-refractivity contribution in [3.05, 3.63) is 178 Å². The van der Waals surface area contributed by atoms with Crippen molar-refractivity contribution in [3.63, 3.8) is 0 Å². The van der Waals surface area contributed by atoms with E-state index in [2.05, 4.69) is 76.2 Å². The third-order valence-electron chi connectivity index (χ3n) is 15.1. The maximum Gasteiger partial charge on any atom is 0.354 e. The molecule has 5 aromatic carbocycles. The molecule has 6 heterocycles. The zero-order valence-corrected chi connectivity index (χ0v) is 40.8. The van der Waals surface area contributed by atoms with Gasteiger partial charge in [0.25, 0.3) is 11.8 Å². The number of fused-ring (bicyclic) bond motifs is 9. The summed E-state index contributed by atoms with van der Waals surface area (Å²) in [6.07, 6.45) is 8.94. The van der Waals surface area contributed by atoms with E-state index in [1.54, 1.807) is 18.1 Å². The Morgan fingerprint density at radius 2 is 1.12 bits per heavy atom. The van der Waals surface area contributed by atoms with Crippen LogP contribution in [0.15, 0.2) is 133 Å². The second kappa shape index (κ2) is 18.9. The Hall–Kier alpha value is -8.16. The normalized spacial score (nSPS) is 15.0. The Morgan fingerprint density at radius 1 is 0.625 bits per heavy atom. The first kappa shape index (κ1) is 46.2. The topological polar surface area (TPSA) is 156 Å². The number of allylic oxidation sites excluding steroid dienone is 2. The van der Waals surface area contributed by atoms with Crippen LogP contribution in [0.4, 0.5) is 17.1 Å². The van der Waals surface area contributed by atoms with E-state index in [1.165, 1.54) is 7.11 Å². The summed E-state index contributed by atoms with van der Waals surface area (Å²) in [6, 6.07) is 36.0. The number of benzene rings is 5. The number of hydrogen-bond donors (Lipinski definition) is 4. The van der Waals surface area contributed by atoms with Gasteiger partial charge in [-0.1, -0.05) is 67.6 Å². The van der Waals surface area contributed by atoms with E-state index in [-0.39, 0.29) is 17.7 Å². The highest BCUT2D eigenvalue weighted by Gasteiger charge is 2.36. The van der Waals surface area contributed by atoms with Gasteiger partial charge in [0.1, 0.15) is 22.8 Å². The lowest BCUT2D eigenvalue weighted by molar-refractivity contribution is -0.118. The lowest BCUT2D eigenvalue weighted by Crippen LogP contribution is -2.45. The zero-order valence-electron chi connectivity index (χ0n) is 40.8. The van der Waals surface area contributed by atoms with Gasteiger partial charge in [-0.3, -0.25) is 14.4 Å². The Bertz CT molecular complexity index is 3490. The minimum Gasteiger partial charge on any atom is -0.497 e.